The number of likely N-dealkylation sites (tertiary alicyclic amines) is 1. The molecule has 0 unspecified atom stereocenters. The maximum Gasteiger partial charge on any atom is 0.229 e. The van der Waals surface area contributed by atoms with Gasteiger partial charge in [0, 0.05) is 37.8 Å². The molecule has 4 rings (SSSR count). The van der Waals surface area contributed by atoms with E-state index in [0.29, 0.717) is 26.1 Å². The monoisotopic (exact) mass is 313 g/mol. The third-order valence-corrected chi connectivity index (χ3v) is 4.54. The molecule has 0 aliphatic carbocycles. The molecule has 2 aromatic rings. The molecule has 2 aliphatic heterocycles. The lowest BCUT2D eigenvalue weighted by Crippen LogP contribution is -2.55. The van der Waals surface area contributed by atoms with E-state index in [9.17, 15) is 9.90 Å². The average molecular weight is 313 g/mol. The molecule has 23 heavy (non-hydrogen) atoms. The van der Waals surface area contributed by atoms with Crippen molar-refractivity contribution < 1.29 is 14.6 Å². The van der Waals surface area contributed by atoms with Crippen LogP contribution in [0.25, 0.3) is 5.69 Å². The molecule has 0 spiro atoms. The second kappa shape index (κ2) is 5.79. The van der Waals surface area contributed by atoms with Gasteiger partial charge in [0.25, 0.3) is 0 Å². The molecule has 0 radical (unpaired) electrons. The van der Waals surface area contributed by atoms with Gasteiger partial charge in [0.15, 0.2) is 0 Å². The van der Waals surface area contributed by atoms with E-state index in [1.807, 2.05) is 41.1 Å². The van der Waals surface area contributed by atoms with Crippen LogP contribution in [0.4, 0.5) is 0 Å². The van der Waals surface area contributed by atoms with Gasteiger partial charge < -0.3 is 19.3 Å². The number of imidazole rings is 1. The van der Waals surface area contributed by atoms with E-state index in [4.69, 9.17) is 4.74 Å². The van der Waals surface area contributed by atoms with Crippen molar-refractivity contribution in [2.24, 2.45) is 5.92 Å². The van der Waals surface area contributed by atoms with Crippen molar-refractivity contribution >= 4 is 5.91 Å². The summed E-state index contributed by atoms with van der Waals surface area (Å²) in [5.41, 5.74) is 1.00. The first-order valence-electron chi connectivity index (χ1n) is 7.91. The molecule has 2 fully saturated rings. The van der Waals surface area contributed by atoms with Gasteiger partial charge in [-0.1, -0.05) is 18.2 Å². The second-order valence-corrected chi connectivity index (χ2v) is 6.07. The van der Waals surface area contributed by atoms with E-state index in [2.05, 4.69) is 4.98 Å². The van der Waals surface area contributed by atoms with Crippen LogP contribution in [0.3, 0.4) is 0 Å². The average Bonchev–Trinajstić information content (AvgIpc) is 3.20. The lowest BCUT2D eigenvalue weighted by Gasteiger charge is -2.38. The van der Waals surface area contributed by atoms with Gasteiger partial charge in [-0.05, 0) is 18.6 Å². The van der Waals surface area contributed by atoms with Gasteiger partial charge in [-0.2, -0.15) is 0 Å². The summed E-state index contributed by atoms with van der Waals surface area (Å²) in [7, 11) is 0. The summed E-state index contributed by atoms with van der Waals surface area (Å²) in [5.74, 6) is 0.584. The number of hydrogen-bond acceptors (Lipinski definition) is 4. The fourth-order valence-corrected chi connectivity index (χ4v) is 3.30. The largest absolute Gasteiger partial charge is 0.389 e. The number of β-amino-alcohol motifs (C(OH)–C–C–N with tert-alkyl or cyclic N) is 1. The molecule has 2 saturated heterocycles. The highest BCUT2D eigenvalue weighted by Gasteiger charge is 2.42. The number of nitrogens with zero attached hydrogens (tertiary/aromatic N) is 3. The third kappa shape index (κ3) is 2.54. The summed E-state index contributed by atoms with van der Waals surface area (Å²) in [6, 6.07) is 9.91. The molecular weight excluding hydrogens is 294 g/mol. The van der Waals surface area contributed by atoms with Crippen LogP contribution in [-0.4, -0.2) is 51.3 Å². The topological polar surface area (TPSA) is 67.6 Å². The SMILES string of the molecule is O=C([C@@H]1CCO[C@H]1c1nccn1-c1ccccc1)N1CC(O)C1. The number of carbonyl (C=O) groups is 1. The van der Waals surface area contributed by atoms with Crippen LogP contribution in [0, 0.1) is 5.92 Å². The first-order chi connectivity index (χ1) is 11.2. The van der Waals surface area contributed by atoms with Crippen LogP contribution >= 0.6 is 0 Å². The molecule has 1 aromatic carbocycles. The summed E-state index contributed by atoms with van der Waals surface area (Å²) < 4.78 is 7.82. The quantitative estimate of drug-likeness (QED) is 0.923. The predicted octanol–water partition coefficient (Wildman–Crippen LogP) is 1.15. The Morgan fingerprint density at radius 3 is 2.78 bits per heavy atom. The van der Waals surface area contributed by atoms with E-state index >= 15 is 0 Å². The number of aromatic nitrogens is 2. The van der Waals surface area contributed by atoms with E-state index in [-0.39, 0.29) is 24.0 Å². The number of ether oxygens (including phenoxy) is 1. The summed E-state index contributed by atoms with van der Waals surface area (Å²) in [4.78, 5) is 18.8. The van der Waals surface area contributed by atoms with Crippen molar-refractivity contribution in [3.05, 3.63) is 48.5 Å². The van der Waals surface area contributed by atoms with Crippen LogP contribution in [0.2, 0.25) is 0 Å². The highest BCUT2D eigenvalue weighted by Crippen LogP contribution is 2.36. The van der Waals surface area contributed by atoms with Crippen molar-refractivity contribution in [2.45, 2.75) is 18.6 Å². The lowest BCUT2D eigenvalue weighted by molar-refractivity contribution is -0.147. The van der Waals surface area contributed by atoms with Gasteiger partial charge in [-0.3, -0.25) is 4.79 Å². The van der Waals surface area contributed by atoms with E-state index < -0.39 is 0 Å². The number of aliphatic hydroxyl groups excluding tert-OH is 1. The van der Waals surface area contributed by atoms with Crippen LogP contribution in [-0.2, 0) is 9.53 Å². The number of amides is 1. The van der Waals surface area contributed by atoms with E-state index in [0.717, 1.165) is 11.5 Å². The summed E-state index contributed by atoms with van der Waals surface area (Å²) >= 11 is 0. The molecule has 3 heterocycles. The highest BCUT2D eigenvalue weighted by atomic mass is 16.5. The summed E-state index contributed by atoms with van der Waals surface area (Å²) in [6.07, 6.45) is 3.60. The first-order valence-corrected chi connectivity index (χ1v) is 7.91. The zero-order chi connectivity index (χ0) is 15.8. The molecule has 1 aromatic heterocycles. The first kappa shape index (κ1) is 14.4. The van der Waals surface area contributed by atoms with Gasteiger partial charge >= 0.3 is 0 Å². The molecule has 1 amide bonds. The maximum absolute atomic E-state index is 12.6. The Hall–Kier alpha value is -2.18. The standard InChI is InChI=1S/C17H19N3O3/c21-13-10-19(11-13)17(22)14-6-9-23-15(14)16-18-7-8-20(16)12-4-2-1-3-5-12/h1-5,7-8,13-15,21H,6,9-11H2/t14-,15-/m1/s1. The zero-order valence-electron chi connectivity index (χ0n) is 12.7. The van der Waals surface area contributed by atoms with E-state index in [1.165, 1.54) is 0 Å². The molecule has 6 nitrogen and oxygen atoms in total. The Bertz CT molecular complexity index is 694. The van der Waals surface area contributed by atoms with Crippen LogP contribution < -0.4 is 0 Å². The molecule has 2 atom stereocenters. The molecule has 0 saturated carbocycles. The minimum Gasteiger partial charge on any atom is -0.389 e. The van der Waals surface area contributed by atoms with Gasteiger partial charge in [0.05, 0.1) is 12.0 Å². The second-order valence-electron chi connectivity index (χ2n) is 6.07. The Morgan fingerprint density at radius 1 is 1.26 bits per heavy atom. The van der Waals surface area contributed by atoms with Crippen LogP contribution in [0.15, 0.2) is 42.7 Å². The molecule has 120 valence electrons. The number of aliphatic hydroxyl groups is 1. The molecular formula is C17H19N3O3. The van der Waals surface area contributed by atoms with Gasteiger partial charge in [0.2, 0.25) is 5.91 Å². The van der Waals surface area contributed by atoms with Crippen molar-refractivity contribution in [3.8, 4) is 5.69 Å². The minimum absolute atomic E-state index is 0.0559. The normalized spacial score (nSPS) is 24.7. The predicted molar refractivity (Wildman–Crippen MR) is 83.0 cm³/mol. The summed E-state index contributed by atoms with van der Waals surface area (Å²) in [5, 5.41) is 9.41. The van der Waals surface area contributed by atoms with Crippen molar-refractivity contribution in [1.82, 2.24) is 14.5 Å². The number of carbonyl (C=O) groups excluding carboxylic acids is 1. The van der Waals surface area contributed by atoms with E-state index in [1.54, 1.807) is 11.1 Å². The Kier molecular flexibility index (Phi) is 3.63. The van der Waals surface area contributed by atoms with Crippen molar-refractivity contribution in [3.63, 3.8) is 0 Å². The van der Waals surface area contributed by atoms with Crippen molar-refractivity contribution in [1.29, 1.82) is 0 Å². The number of para-hydroxylation sites is 1. The number of benzene rings is 1. The molecule has 1 N–H and O–H groups in total. The molecule has 2 aliphatic rings. The maximum atomic E-state index is 12.6. The summed E-state index contributed by atoms with van der Waals surface area (Å²) in [6.45, 7) is 1.41. The van der Waals surface area contributed by atoms with Crippen molar-refractivity contribution in [2.75, 3.05) is 19.7 Å². The van der Waals surface area contributed by atoms with Crippen LogP contribution in [0.1, 0.15) is 18.3 Å². The van der Waals surface area contributed by atoms with Gasteiger partial charge in [0.1, 0.15) is 11.9 Å². The minimum atomic E-state index is -0.383. The van der Waals surface area contributed by atoms with Gasteiger partial charge in [-0.15, -0.1) is 0 Å². The third-order valence-electron chi connectivity index (χ3n) is 4.54. The smallest absolute Gasteiger partial charge is 0.229 e. The fourth-order valence-electron chi connectivity index (χ4n) is 3.30. The Balaban J connectivity index is 1.60. The number of hydrogen-bond donors (Lipinski definition) is 1. The fraction of sp³-hybridized carbons (Fsp3) is 0.412. The Labute approximate surface area is 134 Å². The molecule has 0 bridgehead atoms. The Morgan fingerprint density at radius 2 is 2.04 bits per heavy atom. The highest BCUT2D eigenvalue weighted by molar-refractivity contribution is 5.80. The molecule has 6 heteroatoms. The van der Waals surface area contributed by atoms with Gasteiger partial charge in [-0.25, -0.2) is 4.98 Å². The lowest BCUT2D eigenvalue weighted by atomic mass is 9.96. The zero-order valence-corrected chi connectivity index (χ0v) is 12.7. The van der Waals surface area contributed by atoms with Crippen LogP contribution in [0.5, 0.6) is 0 Å². The number of rotatable bonds is 3.